The fraction of sp³-hybridized carbons (Fsp3) is 0.320. The summed E-state index contributed by atoms with van der Waals surface area (Å²) in [6, 6.07) is 18.6. The number of benzene rings is 7. The molecule has 0 heterocycles. The summed E-state index contributed by atoms with van der Waals surface area (Å²) in [6.07, 6.45) is 6.73. The van der Waals surface area contributed by atoms with Crippen molar-refractivity contribution in [1.29, 1.82) is 0 Å². The van der Waals surface area contributed by atoms with Gasteiger partial charge in [-0.05, 0) is 190 Å². The van der Waals surface area contributed by atoms with Gasteiger partial charge in [-0.1, -0.05) is 17.7 Å². The third-order valence-electron chi connectivity index (χ3n) is 17.4. The molecule has 7 aromatic carbocycles. The number of halogens is 8. The van der Waals surface area contributed by atoms with E-state index in [1.165, 1.54) is 65.6 Å². The van der Waals surface area contributed by atoms with E-state index in [0.717, 1.165) is 48.0 Å². The first-order valence-electron chi connectivity index (χ1n) is 32.5. The zero-order valence-corrected chi connectivity index (χ0v) is 64.4. The van der Waals surface area contributed by atoms with Crippen LogP contribution in [0, 0.1) is 47.6 Å². The molecule has 0 fully saturated rings. The van der Waals surface area contributed by atoms with Crippen molar-refractivity contribution < 1.29 is 96.1 Å². The first-order chi connectivity index (χ1) is 49.6. The molecule has 0 spiro atoms. The number of ether oxygens (including phenoxy) is 1. The summed E-state index contributed by atoms with van der Waals surface area (Å²) >= 11 is 19.9. The molecule has 0 aromatic heterocycles. The Balaban J connectivity index is 0.000000171. The maximum Gasteiger partial charge on any atom is 0.285 e. The van der Waals surface area contributed by atoms with Gasteiger partial charge in [0.25, 0.3) is 10.4 Å². The molecule has 2 N–H and O–H groups in total. The number of aliphatic hydroxyl groups excluding tert-OH is 1. The number of aryl methyl sites for hydroxylation is 1. The smallest absolute Gasteiger partial charge is 0.285 e. The number of carbonyl (C=O) groups is 7. The van der Waals surface area contributed by atoms with Gasteiger partial charge in [-0.3, -0.25) is 33.6 Å². The van der Waals surface area contributed by atoms with Crippen LogP contribution in [0.5, 0.6) is 11.5 Å². The van der Waals surface area contributed by atoms with E-state index in [0.29, 0.717) is 159 Å². The van der Waals surface area contributed by atoms with Crippen LogP contribution in [0.15, 0.2) is 105 Å². The second-order valence-electron chi connectivity index (χ2n) is 25.5. The van der Waals surface area contributed by atoms with E-state index in [4.69, 9.17) is 28.6 Å². The summed E-state index contributed by atoms with van der Waals surface area (Å²) in [5.74, 6) is -2.83. The molecule has 0 saturated heterocycles. The number of carbonyl (C=O) groups excluding carboxylic acids is 7. The highest BCUT2D eigenvalue weighted by Crippen LogP contribution is 2.40. The van der Waals surface area contributed by atoms with Crippen LogP contribution in [0.1, 0.15) is 163 Å². The monoisotopic (exact) mass is 1600 g/mol. The Bertz CT molecular complexity index is 4720. The number of nitrogens with zero attached hydrogens (tertiary/aromatic N) is 3. The van der Waals surface area contributed by atoms with Gasteiger partial charge < -0.3 is 29.6 Å². The predicted molar refractivity (Wildman–Crippen MR) is 398 cm³/mol. The van der Waals surface area contributed by atoms with Gasteiger partial charge in [0.15, 0.2) is 58.8 Å². The maximum atomic E-state index is 13.5. The minimum absolute atomic E-state index is 0.00880. The Kier molecular flexibility index (Phi) is 29.0. The van der Waals surface area contributed by atoms with Crippen LogP contribution in [0.25, 0.3) is 0 Å². The Morgan fingerprint density at radius 1 is 0.472 bits per heavy atom. The van der Waals surface area contributed by atoms with Crippen molar-refractivity contribution in [2.75, 3.05) is 54.8 Å². The van der Waals surface area contributed by atoms with Crippen molar-refractivity contribution in [3.8, 4) is 11.5 Å². The first-order valence-corrected chi connectivity index (χ1v) is 38.8. The summed E-state index contributed by atoms with van der Waals surface area (Å²) in [6.45, 7) is 1.85. The molecule has 106 heavy (non-hydrogen) atoms. The van der Waals surface area contributed by atoms with Crippen molar-refractivity contribution >= 4 is 130 Å². The number of aromatic hydroxyl groups is 1. The van der Waals surface area contributed by atoms with Gasteiger partial charge in [0.1, 0.15) is 52.2 Å². The van der Waals surface area contributed by atoms with Gasteiger partial charge in [0.2, 0.25) is 0 Å². The molecule has 7 aromatic rings. The number of fused-ring (bicyclic) bond motifs is 7. The van der Waals surface area contributed by atoms with E-state index in [1.807, 2.05) is 6.92 Å². The minimum Gasteiger partial charge on any atom is -0.507 e. The average Bonchev–Trinajstić information content (AvgIpc) is 1.50. The van der Waals surface area contributed by atoms with E-state index in [-0.39, 0.29) is 113 Å². The van der Waals surface area contributed by atoms with E-state index in [9.17, 15) is 91.3 Å². The molecule has 564 valence electrons. The predicted octanol–water partition coefficient (Wildman–Crippen LogP) is 14.7. The van der Waals surface area contributed by atoms with Gasteiger partial charge in [0, 0.05) is 159 Å². The number of sulfone groups is 2. The number of phenolic OH excluding ortho intramolecular Hbond substituents is 1. The number of rotatable bonds is 4. The normalized spacial score (nSPS) is 15.0. The molecule has 17 nitrogen and oxygen atoms in total. The van der Waals surface area contributed by atoms with Crippen molar-refractivity contribution in [3.05, 3.63) is 209 Å². The molecule has 1 unspecified atom stereocenters. The standard InChI is InChI=1S/2C12H12FNO2S.C10H11FO3S.C10H9FO3S.C10H9FO.C9H7FO2.C9H7FOS.C3H6ClNS/c1-14(2)12(16)17-10-6-4-8(13)7-3-5-9(15)11(7)10;1-14(2)12(17)16-10-6-4-8(13)7-3-5-9(15)11(7)10;2*1-15(13,14)9-5-3-7(11)6-2-4-8(12)10(6)9;1-6-2-4-8(11)7-3-5-9(12)10(6)7;2*10-6-2-4-8(12)9-5(6)1-3-7(9)11;1-5(2)3(4)6/h2*4,6H,3,5H2,1-2H3;3,5,8,12H,2,4H2,1H3;3,5H,2,4H2,1H3;2,4H,3,5H2,1H3;2*2,4,12H,1,3H2;1-2H3. The lowest BCUT2D eigenvalue weighted by atomic mass is 10.0. The number of ketones is 6. The van der Waals surface area contributed by atoms with Crippen LogP contribution in [-0.4, -0.2) is 146 Å². The molecular formula is C75H73ClF7N3O14S6. The van der Waals surface area contributed by atoms with Gasteiger partial charge in [-0.25, -0.2) is 47.6 Å². The molecule has 0 saturated carbocycles. The summed E-state index contributed by atoms with van der Waals surface area (Å²) in [5, 5.41) is 18.9. The van der Waals surface area contributed by atoms with Crippen molar-refractivity contribution in [1.82, 2.24) is 14.7 Å². The average molecular weight is 1600 g/mol. The van der Waals surface area contributed by atoms with Gasteiger partial charge in [0.05, 0.1) is 27.0 Å². The molecule has 1 atom stereocenters. The zero-order valence-electron chi connectivity index (χ0n) is 58.7. The van der Waals surface area contributed by atoms with E-state index in [1.54, 1.807) is 58.2 Å². The number of hydrogen-bond donors (Lipinski definition) is 3. The fourth-order valence-corrected chi connectivity index (χ4v) is 15.3. The summed E-state index contributed by atoms with van der Waals surface area (Å²) in [7, 11) is 3.50. The molecule has 31 heteroatoms. The Labute approximate surface area is 634 Å². The van der Waals surface area contributed by atoms with E-state index >= 15 is 0 Å². The third kappa shape index (κ3) is 20.3. The Morgan fingerprint density at radius 2 is 0.830 bits per heavy atom. The second-order valence-corrected chi connectivity index (χ2v) is 32.3. The van der Waals surface area contributed by atoms with E-state index in [2.05, 4.69) is 24.8 Å². The largest absolute Gasteiger partial charge is 0.507 e. The quantitative estimate of drug-likeness (QED) is 0.0282. The summed E-state index contributed by atoms with van der Waals surface area (Å²) in [4.78, 5) is 85.9. The van der Waals surface area contributed by atoms with Crippen LogP contribution < -0.4 is 4.74 Å². The highest BCUT2D eigenvalue weighted by Gasteiger charge is 2.34. The van der Waals surface area contributed by atoms with Gasteiger partial charge >= 0.3 is 0 Å². The third-order valence-corrected chi connectivity index (χ3v) is 22.3. The summed E-state index contributed by atoms with van der Waals surface area (Å²) in [5.41, 5.74) is 6.19. The Morgan fingerprint density at radius 3 is 1.28 bits per heavy atom. The van der Waals surface area contributed by atoms with Crippen LogP contribution >= 0.6 is 60.4 Å². The van der Waals surface area contributed by atoms with Crippen LogP contribution in [0.4, 0.5) is 35.5 Å². The van der Waals surface area contributed by atoms with Crippen LogP contribution in [0.3, 0.4) is 0 Å². The lowest BCUT2D eigenvalue weighted by Crippen LogP contribution is -2.25. The molecule has 1 amide bonds. The van der Waals surface area contributed by atoms with Gasteiger partial charge in [-0.2, -0.15) is 0 Å². The number of thiol groups is 1. The van der Waals surface area contributed by atoms with Crippen LogP contribution in [-0.2, 0) is 64.6 Å². The minimum atomic E-state index is -3.47. The number of phenols is 1. The highest BCUT2D eigenvalue weighted by atomic mass is 35.5. The number of hydrogen-bond acceptors (Lipinski definition) is 18. The van der Waals surface area contributed by atoms with Gasteiger partial charge in [-0.15, -0.1) is 12.6 Å². The lowest BCUT2D eigenvalue weighted by molar-refractivity contribution is 0.0984. The molecule has 0 radical (unpaired) electrons. The topological polar surface area (TPSA) is 247 Å². The molecular weight excluding hydrogens is 1530 g/mol. The second kappa shape index (κ2) is 36.1. The molecule has 14 rings (SSSR count). The molecule has 0 aliphatic heterocycles. The number of thioether (sulfide) groups is 1. The van der Waals surface area contributed by atoms with Crippen molar-refractivity contribution in [2.45, 2.75) is 123 Å². The van der Waals surface area contributed by atoms with E-state index < -0.39 is 43.2 Å². The maximum absolute atomic E-state index is 13.5. The lowest BCUT2D eigenvalue weighted by Gasteiger charge is -2.16. The number of thiocarbonyl (C=S) groups is 2. The van der Waals surface area contributed by atoms with Crippen molar-refractivity contribution in [2.24, 2.45) is 0 Å². The highest BCUT2D eigenvalue weighted by molar-refractivity contribution is 8.13. The first kappa shape index (κ1) is 85.0. The number of Topliss-reactive ketones (excluding diaryl/α,β-unsaturated/α-hetero) is 6. The fourth-order valence-electron chi connectivity index (χ4n) is 12.2. The zero-order chi connectivity index (χ0) is 78.9. The number of amides is 1. The Hall–Kier alpha value is -8.23. The number of aliphatic hydroxyl groups is 1. The van der Waals surface area contributed by atoms with Crippen LogP contribution in [0.2, 0.25) is 0 Å². The van der Waals surface area contributed by atoms with Crippen molar-refractivity contribution in [3.63, 3.8) is 0 Å². The molecule has 0 bridgehead atoms. The SMILES string of the molecule is CN(C)C(=O)Sc1ccc(F)c2c1C(=O)CC2.CN(C)C(=S)Cl.CN(C)C(=S)Oc1ccc(F)c2c1C(=O)CC2.CS(=O)(=O)c1ccc(F)c2c1C(=O)CC2.CS(=O)(=O)c1ccc(F)c2c1C(O)CC2.Cc1ccc(F)c2c1C(=O)CC2.O=C1CCc2c(F)ccc(O)c21.O=C1CCc2c(F)ccc(S)c21. The summed E-state index contributed by atoms with van der Waals surface area (Å²) < 4.78 is 144. The molecule has 7 aliphatic carbocycles. The molecule has 7 aliphatic rings.